The molecule has 4 heteroatoms. The van der Waals surface area contributed by atoms with Crippen molar-refractivity contribution in [1.29, 1.82) is 0 Å². The molecular formula is C12H18ClNO2. The first-order valence-corrected chi connectivity index (χ1v) is 5.54. The van der Waals surface area contributed by atoms with Crippen molar-refractivity contribution in [3.63, 3.8) is 0 Å². The second-order valence-corrected chi connectivity index (χ2v) is 4.14. The first-order valence-electron chi connectivity index (χ1n) is 5.16. The smallest absolute Gasteiger partial charge is 0.176 e. The molecule has 0 aliphatic rings. The molecule has 0 fully saturated rings. The molecule has 90 valence electrons. The Labute approximate surface area is 102 Å². The molecule has 1 unspecified atom stereocenters. The van der Waals surface area contributed by atoms with E-state index in [-0.39, 0.29) is 12.3 Å². The molecule has 0 radical (unpaired) electrons. The van der Waals surface area contributed by atoms with E-state index in [9.17, 15) is 0 Å². The summed E-state index contributed by atoms with van der Waals surface area (Å²) in [6.45, 7) is 3.97. The number of hydrogen-bond donors (Lipinski definition) is 1. The van der Waals surface area contributed by atoms with E-state index < -0.39 is 0 Å². The molecule has 1 rings (SSSR count). The van der Waals surface area contributed by atoms with E-state index in [1.54, 1.807) is 14.2 Å². The van der Waals surface area contributed by atoms with Crippen LogP contribution in [-0.4, -0.2) is 26.6 Å². The quantitative estimate of drug-likeness (QED) is 0.807. The third kappa shape index (κ3) is 3.37. The van der Waals surface area contributed by atoms with Gasteiger partial charge in [-0.25, -0.2) is 0 Å². The molecule has 0 aliphatic heterocycles. The lowest BCUT2D eigenvalue weighted by atomic mass is 10.2. The maximum Gasteiger partial charge on any atom is 0.176 e. The lowest BCUT2D eigenvalue weighted by Gasteiger charge is -2.23. The molecule has 0 heterocycles. The number of methoxy groups -OCH3 is 2. The van der Waals surface area contributed by atoms with Gasteiger partial charge in [0, 0.05) is 24.9 Å². The molecule has 0 aliphatic carbocycles. The van der Waals surface area contributed by atoms with Gasteiger partial charge >= 0.3 is 0 Å². The van der Waals surface area contributed by atoms with E-state index in [0.29, 0.717) is 0 Å². The first-order chi connectivity index (χ1) is 7.58. The summed E-state index contributed by atoms with van der Waals surface area (Å²) in [7, 11) is 3.24. The maximum absolute atomic E-state index is 6.04. The minimum absolute atomic E-state index is 0.0498. The minimum atomic E-state index is -0.278. The molecule has 0 amide bonds. The van der Waals surface area contributed by atoms with Crippen LogP contribution < -0.4 is 5.32 Å². The summed E-state index contributed by atoms with van der Waals surface area (Å²) < 4.78 is 10.3. The number of hydrogen-bond acceptors (Lipinski definition) is 3. The van der Waals surface area contributed by atoms with E-state index >= 15 is 0 Å². The van der Waals surface area contributed by atoms with Crippen molar-refractivity contribution < 1.29 is 9.47 Å². The fourth-order valence-corrected chi connectivity index (χ4v) is 1.70. The monoisotopic (exact) mass is 243 g/mol. The molecule has 16 heavy (non-hydrogen) atoms. The second-order valence-electron chi connectivity index (χ2n) is 3.74. The second kappa shape index (κ2) is 6.09. The zero-order chi connectivity index (χ0) is 12.1. The molecular weight excluding hydrogens is 226 g/mol. The van der Waals surface area contributed by atoms with Gasteiger partial charge < -0.3 is 14.8 Å². The zero-order valence-electron chi connectivity index (χ0n) is 10.1. The summed E-state index contributed by atoms with van der Waals surface area (Å²) in [5, 5.41) is 4.03. The Bertz CT molecular complexity index is 340. The van der Waals surface area contributed by atoms with Crippen molar-refractivity contribution in [3.05, 3.63) is 28.8 Å². The Kier molecular flexibility index (Phi) is 5.06. The van der Waals surface area contributed by atoms with E-state index in [1.165, 1.54) is 0 Å². The van der Waals surface area contributed by atoms with Crippen LogP contribution in [0.4, 0.5) is 5.69 Å². The van der Waals surface area contributed by atoms with Gasteiger partial charge in [0.25, 0.3) is 0 Å². The van der Waals surface area contributed by atoms with Crippen LogP contribution in [0.2, 0.25) is 5.02 Å². The van der Waals surface area contributed by atoms with Gasteiger partial charge in [-0.15, -0.1) is 0 Å². The normalized spacial score (nSPS) is 12.9. The fourth-order valence-electron chi connectivity index (χ4n) is 1.52. The minimum Gasteiger partial charge on any atom is -0.377 e. The van der Waals surface area contributed by atoms with Gasteiger partial charge in [-0.1, -0.05) is 17.7 Å². The number of anilines is 1. The van der Waals surface area contributed by atoms with Crippen LogP contribution in [0, 0.1) is 6.92 Å². The summed E-state index contributed by atoms with van der Waals surface area (Å²) in [5.41, 5.74) is 2.03. The third-order valence-electron chi connectivity index (χ3n) is 2.44. The van der Waals surface area contributed by atoms with E-state index in [1.807, 2.05) is 32.0 Å². The number of halogens is 1. The van der Waals surface area contributed by atoms with E-state index in [2.05, 4.69) is 5.32 Å². The van der Waals surface area contributed by atoms with Gasteiger partial charge in [0.2, 0.25) is 0 Å². The average molecular weight is 244 g/mol. The van der Waals surface area contributed by atoms with Crippen LogP contribution in [0.25, 0.3) is 0 Å². The van der Waals surface area contributed by atoms with Gasteiger partial charge in [0.05, 0.1) is 6.04 Å². The highest BCUT2D eigenvalue weighted by Crippen LogP contribution is 2.21. The van der Waals surface area contributed by atoms with E-state index in [4.69, 9.17) is 21.1 Å². The van der Waals surface area contributed by atoms with Gasteiger partial charge in [0.1, 0.15) is 0 Å². The highest BCUT2D eigenvalue weighted by molar-refractivity contribution is 6.31. The number of aryl methyl sites for hydroxylation is 1. The Morgan fingerprint density at radius 2 is 1.88 bits per heavy atom. The van der Waals surface area contributed by atoms with Crippen LogP contribution >= 0.6 is 11.6 Å². The zero-order valence-corrected chi connectivity index (χ0v) is 10.8. The molecule has 0 spiro atoms. The number of ether oxygens (including phenoxy) is 2. The molecule has 0 bridgehead atoms. The van der Waals surface area contributed by atoms with Crippen LogP contribution in [-0.2, 0) is 9.47 Å². The lowest BCUT2D eigenvalue weighted by Crippen LogP contribution is -2.33. The van der Waals surface area contributed by atoms with Crippen molar-refractivity contribution in [1.82, 2.24) is 0 Å². The summed E-state index contributed by atoms with van der Waals surface area (Å²) >= 11 is 6.04. The summed E-state index contributed by atoms with van der Waals surface area (Å²) in [6, 6.07) is 5.91. The number of benzene rings is 1. The summed E-state index contributed by atoms with van der Waals surface area (Å²) in [6.07, 6.45) is -0.278. The molecule has 3 nitrogen and oxygen atoms in total. The Balaban J connectivity index is 2.69. The van der Waals surface area contributed by atoms with Crippen molar-refractivity contribution in [2.24, 2.45) is 0 Å². The van der Waals surface area contributed by atoms with Crippen molar-refractivity contribution in [2.75, 3.05) is 19.5 Å². The molecule has 0 aromatic heterocycles. The van der Waals surface area contributed by atoms with Crippen LogP contribution in [0.3, 0.4) is 0 Å². The Hall–Kier alpha value is -0.770. The van der Waals surface area contributed by atoms with Crippen molar-refractivity contribution >= 4 is 17.3 Å². The largest absolute Gasteiger partial charge is 0.377 e. The van der Waals surface area contributed by atoms with Gasteiger partial charge in [-0.05, 0) is 31.5 Å². The van der Waals surface area contributed by atoms with Crippen LogP contribution in [0.5, 0.6) is 0 Å². The molecule has 1 N–H and O–H groups in total. The Morgan fingerprint density at radius 3 is 2.38 bits per heavy atom. The summed E-state index contributed by atoms with van der Waals surface area (Å²) in [4.78, 5) is 0. The van der Waals surface area contributed by atoms with Crippen molar-refractivity contribution in [3.8, 4) is 0 Å². The SMILES string of the molecule is COC(OC)C(C)Nc1ccc(C)c(Cl)c1. The average Bonchev–Trinajstić information content (AvgIpc) is 2.25. The molecule has 0 saturated heterocycles. The number of nitrogens with one attached hydrogen (secondary N) is 1. The van der Waals surface area contributed by atoms with Crippen molar-refractivity contribution in [2.45, 2.75) is 26.2 Å². The molecule has 1 atom stereocenters. The predicted molar refractivity (Wildman–Crippen MR) is 67.1 cm³/mol. The first kappa shape index (κ1) is 13.3. The van der Waals surface area contributed by atoms with E-state index in [0.717, 1.165) is 16.3 Å². The van der Waals surface area contributed by atoms with Gasteiger partial charge in [-0.3, -0.25) is 0 Å². The van der Waals surface area contributed by atoms with Crippen LogP contribution in [0.15, 0.2) is 18.2 Å². The molecule has 1 aromatic carbocycles. The Morgan fingerprint density at radius 1 is 1.25 bits per heavy atom. The highest BCUT2D eigenvalue weighted by Gasteiger charge is 2.15. The van der Waals surface area contributed by atoms with Gasteiger partial charge in [0.15, 0.2) is 6.29 Å². The molecule has 0 saturated carbocycles. The third-order valence-corrected chi connectivity index (χ3v) is 2.85. The number of rotatable bonds is 5. The maximum atomic E-state index is 6.04. The predicted octanol–water partition coefficient (Wildman–Crippen LogP) is 3.07. The van der Waals surface area contributed by atoms with Gasteiger partial charge in [-0.2, -0.15) is 0 Å². The molecule has 1 aromatic rings. The standard InChI is InChI=1S/C12H18ClNO2/c1-8-5-6-10(7-11(8)13)14-9(2)12(15-3)16-4/h5-7,9,12,14H,1-4H3. The fraction of sp³-hybridized carbons (Fsp3) is 0.500. The van der Waals surface area contributed by atoms with Crippen LogP contribution in [0.1, 0.15) is 12.5 Å². The highest BCUT2D eigenvalue weighted by atomic mass is 35.5. The summed E-state index contributed by atoms with van der Waals surface area (Å²) in [5.74, 6) is 0. The topological polar surface area (TPSA) is 30.5 Å². The lowest BCUT2D eigenvalue weighted by molar-refractivity contribution is -0.109.